The lowest BCUT2D eigenvalue weighted by Crippen LogP contribution is -2.72. The van der Waals surface area contributed by atoms with E-state index >= 15 is 0 Å². The fraction of sp³-hybridized carbons (Fsp3) is 0.500. The van der Waals surface area contributed by atoms with Gasteiger partial charge in [0.2, 0.25) is 0 Å². The highest BCUT2D eigenvalue weighted by Gasteiger charge is 2.60. The van der Waals surface area contributed by atoms with Gasteiger partial charge in [-0.2, -0.15) is 0 Å². The molecule has 6 rings (SSSR count). The molecule has 3 heterocycles. The zero-order valence-corrected chi connectivity index (χ0v) is 29.7. The number of aliphatic hydroxyl groups excluding tert-OH is 1. The first-order valence-electron chi connectivity index (χ1n) is 17.4. The van der Waals surface area contributed by atoms with Crippen LogP contribution < -0.4 is 0 Å². The van der Waals surface area contributed by atoms with Crippen LogP contribution in [0.15, 0.2) is 104 Å². The Balaban J connectivity index is 1.33. The standard InChI is InChI=1S/C40H50O11/c1-6-40-26-47-39(2,3)50-36(40)33(42-4)31(41)37(51-40)49-32-30(25-44-22-27-16-10-7-11-17-27)48-38(43-5)35(46-24-29-20-14-9-15-21-29)34(32)45-23-28-18-12-8-13-19-28/h6-21,30-38,41H,1,22-26H2,2-5H3/t30-,31+,32-,33-,34+,35-,36+,37-,38+,40-/m1/s1. The summed E-state index contributed by atoms with van der Waals surface area (Å²) < 4.78 is 63.5. The average molecular weight is 707 g/mol. The summed E-state index contributed by atoms with van der Waals surface area (Å²) >= 11 is 0. The summed E-state index contributed by atoms with van der Waals surface area (Å²) in [5.74, 6) is -0.933. The number of rotatable bonds is 15. The first-order valence-corrected chi connectivity index (χ1v) is 17.4. The molecular weight excluding hydrogens is 656 g/mol. The molecule has 0 aromatic heterocycles. The fourth-order valence-corrected chi connectivity index (χ4v) is 6.76. The van der Waals surface area contributed by atoms with Crippen LogP contribution in [-0.2, 0) is 67.2 Å². The molecule has 0 radical (unpaired) electrons. The van der Waals surface area contributed by atoms with Gasteiger partial charge in [-0.25, -0.2) is 0 Å². The lowest BCUT2D eigenvalue weighted by atomic mass is 9.85. The van der Waals surface area contributed by atoms with E-state index in [4.69, 9.17) is 47.4 Å². The normalized spacial score (nSPS) is 33.3. The molecule has 0 saturated carbocycles. The topological polar surface area (TPSA) is 113 Å². The second kappa shape index (κ2) is 17.2. The van der Waals surface area contributed by atoms with Crippen molar-refractivity contribution in [1.29, 1.82) is 0 Å². The summed E-state index contributed by atoms with van der Waals surface area (Å²) in [5.41, 5.74) is 1.74. The predicted octanol–water partition coefficient (Wildman–Crippen LogP) is 4.94. The Morgan fingerprint density at radius 1 is 0.725 bits per heavy atom. The highest BCUT2D eigenvalue weighted by atomic mass is 16.8. The molecule has 3 aliphatic heterocycles. The summed E-state index contributed by atoms with van der Waals surface area (Å²) in [6, 6.07) is 29.5. The molecule has 3 saturated heterocycles. The summed E-state index contributed by atoms with van der Waals surface area (Å²) in [6.45, 7) is 8.72. The van der Waals surface area contributed by atoms with Crippen molar-refractivity contribution in [3.8, 4) is 0 Å². The zero-order valence-electron chi connectivity index (χ0n) is 29.7. The summed E-state index contributed by atoms with van der Waals surface area (Å²) in [6.07, 6.45) is -6.44. The second-order valence-corrected chi connectivity index (χ2v) is 13.5. The smallest absolute Gasteiger partial charge is 0.187 e. The van der Waals surface area contributed by atoms with Crippen molar-refractivity contribution in [1.82, 2.24) is 0 Å². The summed E-state index contributed by atoms with van der Waals surface area (Å²) in [7, 11) is 3.08. The van der Waals surface area contributed by atoms with E-state index in [1.165, 1.54) is 7.11 Å². The third kappa shape index (κ3) is 8.95. The summed E-state index contributed by atoms with van der Waals surface area (Å²) in [5, 5.41) is 11.8. The summed E-state index contributed by atoms with van der Waals surface area (Å²) in [4.78, 5) is 0. The van der Waals surface area contributed by atoms with Crippen LogP contribution in [0.4, 0.5) is 0 Å². The van der Waals surface area contributed by atoms with Crippen LogP contribution >= 0.6 is 0 Å². The zero-order chi connectivity index (χ0) is 35.8. The van der Waals surface area contributed by atoms with Crippen molar-refractivity contribution in [3.05, 3.63) is 120 Å². The van der Waals surface area contributed by atoms with E-state index in [1.54, 1.807) is 27.0 Å². The molecule has 0 amide bonds. The Morgan fingerprint density at radius 3 is 1.84 bits per heavy atom. The van der Waals surface area contributed by atoms with Crippen molar-refractivity contribution in [3.63, 3.8) is 0 Å². The van der Waals surface area contributed by atoms with E-state index in [0.29, 0.717) is 6.61 Å². The maximum absolute atomic E-state index is 11.8. The predicted molar refractivity (Wildman–Crippen MR) is 186 cm³/mol. The first-order chi connectivity index (χ1) is 24.8. The number of methoxy groups -OCH3 is 2. The minimum atomic E-state index is -1.27. The van der Waals surface area contributed by atoms with Crippen molar-refractivity contribution in [2.75, 3.05) is 27.4 Å². The second-order valence-electron chi connectivity index (χ2n) is 13.5. The van der Waals surface area contributed by atoms with Crippen LogP contribution in [0.3, 0.4) is 0 Å². The van der Waals surface area contributed by atoms with Crippen LogP contribution in [0.25, 0.3) is 0 Å². The van der Waals surface area contributed by atoms with Gasteiger partial charge in [0.25, 0.3) is 0 Å². The molecule has 0 bridgehead atoms. The molecule has 51 heavy (non-hydrogen) atoms. The van der Waals surface area contributed by atoms with Crippen LogP contribution in [0.1, 0.15) is 30.5 Å². The molecule has 3 aromatic carbocycles. The molecule has 0 spiro atoms. The Morgan fingerprint density at radius 2 is 1.29 bits per heavy atom. The van der Waals surface area contributed by atoms with Gasteiger partial charge in [-0.3, -0.25) is 0 Å². The van der Waals surface area contributed by atoms with Gasteiger partial charge in [-0.05, 0) is 30.5 Å². The number of hydrogen-bond acceptors (Lipinski definition) is 11. The lowest BCUT2D eigenvalue weighted by Gasteiger charge is -2.56. The molecule has 0 unspecified atom stereocenters. The van der Waals surface area contributed by atoms with Gasteiger partial charge < -0.3 is 52.5 Å². The van der Waals surface area contributed by atoms with Gasteiger partial charge in [0.1, 0.15) is 48.3 Å². The van der Waals surface area contributed by atoms with E-state index in [2.05, 4.69) is 6.58 Å². The van der Waals surface area contributed by atoms with E-state index < -0.39 is 66.7 Å². The van der Waals surface area contributed by atoms with Crippen LogP contribution in [-0.4, -0.2) is 99.2 Å². The number of benzene rings is 3. The lowest BCUT2D eigenvalue weighted by molar-refractivity contribution is -0.420. The Hall–Kier alpha value is -3.04. The third-order valence-corrected chi connectivity index (χ3v) is 9.48. The monoisotopic (exact) mass is 706 g/mol. The van der Waals surface area contributed by atoms with Crippen molar-refractivity contribution >= 4 is 0 Å². The van der Waals surface area contributed by atoms with Crippen LogP contribution in [0.5, 0.6) is 0 Å². The number of hydrogen-bond donors (Lipinski definition) is 1. The SMILES string of the molecule is C=C[C@@]12COC(C)(C)O[C@H]1[C@H](OC)[C@H](O)[C@H](O[C@H]1[C@H](OCc3ccccc3)[C@@H](OCc3ccccc3)[C@@H](OC)O[C@@H]1COCc1ccccc1)O2. The molecule has 3 fully saturated rings. The first kappa shape index (κ1) is 37.7. The minimum Gasteiger partial charge on any atom is -0.385 e. The number of fused-ring (bicyclic) bond motifs is 1. The van der Waals surface area contributed by atoms with E-state index in [0.717, 1.165) is 16.7 Å². The van der Waals surface area contributed by atoms with Crippen molar-refractivity contribution in [2.24, 2.45) is 0 Å². The Labute approximate surface area is 300 Å². The maximum atomic E-state index is 11.8. The van der Waals surface area contributed by atoms with Gasteiger partial charge in [-0.1, -0.05) is 97.1 Å². The van der Waals surface area contributed by atoms with Gasteiger partial charge in [0.15, 0.2) is 18.4 Å². The Kier molecular flexibility index (Phi) is 12.7. The van der Waals surface area contributed by atoms with Crippen LogP contribution in [0, 0.1) is 0 Å². The number of ether oxygens (including phenoxy) is 10. The average Bonchev–Trinajstić information content (AvgIpc) is 3.15. The molecule has 3 aliphatic rings. The van der Waals surface area contributed by atoms with E-state index in [1.807, 2.05) is 91.0 Å². The highest BCUT2D eigenvalue weighted by molar-refractivity contribution is 5.16. The molecule has 11 heteroatoms. The van der Waals surface area contributed by atoms with Crippen molar-refractivity contribution < 1.29 is 52.5 Å². The third-order valence-electron chi connectivity index (χ3n) is 9.48. The maximum Gasteiger partial charge on any atom is 0.187 e. The molecule has 10 atom stereocenters. The van der Waals surface area contributed by atoms with Gasteiger partial charge in [0.05, 0.1) is 33.0 Å². The van der Waals surface area contributed by atoms with Gasteiger partial charge in [-0.15, -0.1) is 6.58 Å². The molecule has 3 aromatic rings. The molecule has 1 N–H and O–H groups in total. The molecular formula is C40H50O11. The minimum absolute atomic E-state index is 0.105. The van der Waals surface area contributed by atoms with E-state index in [9.17, 15) is 5.11 Å². The highest BCUT2D eigenvalue weighted by Crippen LogP contribution is 2.43. The van der Waals surface area contributed by atoms with E-state index in [-0.39, 0.29) is 26.4 Å². The Bertz CT molecular complexity index is 1490. The largest absolute Gasteiger partial charge is 0.385 e. The van der Waals surface area contributed by atoms with Gasteiger partial charge >= 0.3 is 0 Å². The molecule has 0 aliphatic carbocycles. The fourth-order valence-electron chi connectivity index (χ4n) is 6.76. The quantitative estimate of drug-likeness (QED) is 0.217. The van der Waals surface area contributed by atoms with Crippen LogP contribution in [0.2, 0.25) is 0 Å². The number of aliphatic hydroxyl groups is 1. The van der Waals surface area contributed by atoms with Crippen molar-refractivity contribution in [2.45, 2.75) is 100 Å². The molecule has 276 valence electrons. The van der Waals surface area contributed by atoms with Gasteiger partial charge in [0, 0.05) is 14.2 Å². The molecule has 11 nitrogen and oxygen atoms in total.